The van der Waals surface area contributed by atoms with Crippen LogP contribution < -0.4 is 0 Å². The van der Waals surface area contributed by atoms with E-state index in [0.29, 0.717) is 28.5 Å². The van der Waals surface area contributed by atoms with Gasteiger partial charge in [-0.1, -0.05) is 38.1 Å². The molecule has 1 fully saturated rings. The summed E-state index contributed by atoms with van der Waals surface area (Å²) < 4.78 is 0. The number of rotatable bonds is 3. The van der Waals surface area contributed by atoms with Crippen molar-refractivity contribution in [3.05, 3.63) is 70.8 Å². The van der Waals surface area contributed by atoms with Crippen LogP contribution in [0.25, 0.3) is 0 Å². The van der Waals surface area contributed by atoms with E-state index in [4.69, 9.17) is 0 Å². The van der Waals surface area contributed by atoms with Crippen LogP contribution in [0.5, 0.6) is 0 Å². The van der Waals surface area contributed by atoms with Gasteiger partial charge < -0.3 is 4.90 Å². The summed E-state index contributed by atoms with van der Waals surface area (Å²) in [6, 6.07) is 14.1. The molecule has 4 rings (SSSR count). The van der Waals surface area contributed by atoms with Crippen molar-refractivity contribution >= 4 is 17.7 Å². The lowest BCUT2D eigenvalue weighted by Crippen LogP contribution is -2.42. The highest BCUT2D eigenvalue weighted by Crippen LogP contribution is 2.25. The van der Waals surface area contributed by atoms with Gasteiger partial charge in [0, 0.05) is 18.7 Å². The van der Waals surface area contributed by atoms with Gasteiger partial charge in [-0.15, -0.1) is 0 Å². The second kappa shape index (κ2) is 7.23. The van der Waals surface area contributed by atoms with E-state index >= 15 is 0 Å². The minimum absolute atomic E-state index is 0.0163. The molecule has 2 atom stereocenters. The molecular formula is C23H24N2O3. The van der Waals surface area contributed by atoms with Gasteiger partial charge in [0.25, 0.3) is 17.7 Å². The fraction of sp³-hybridized carbons (Fsp3) is 0.348. The quantitative estimate of drug-likeness (QED) is 0.769. The predicted octanol–water partition coefficient (Wildman–Crippen LogP) is 3.60. The Hall–Kier alpha value is -2.95. The van der Waals surface area contributed by atoms with E-state index in [1.54, 1.807) is 36.4 Å². The predicted molar refractivity (Wildman–Crippen MR) is 106 cm³/mol. The van der Waals surface area contributed by atoms with Crippen molar-refractivity contribution in [1.29, 1.82) is 0 Å². The summed E-state index contributed by atoms with van der Waals surface area (Å²) in [5, 5.41) is 0. The standard InChI is InChI=1S/C23H24N2O3/c1-15-10-16(2)13-24(12-15)21(26)18-7-5-6-17(11-18)14-25-22(27)19-8-3-4-9-20(19)23(25)28/h3-9,11,15-16H,10,12-14H2,1-2H3. The van der Waals surface area contributed by atoms with Gasteiger partial charge in [0.2, 0.25) is 0 Å². The zero-order chi connectivity index (χ0) is 19.8. The molecule has 0 aliphatic carbocycles. The second-order valence-electron chi connectivity index (χ2n) is 8.10. The highest BCUT2D eigenvalue weighted by Gasteiger charge is 2.35. The van der Waals surface area contributed by atoms with Crippen molar-refractivity contribution in [3.8, 4) is 0 Å². The molecule has 144 valence electrons. The first-order valence-corrected chi connectivity index (χ1v) is 9.77. The first kappa shape index (κ1) is 18.4. The molecule has 3 amide bonds. The lowest BCUT2D eigenvalue weighted by Gasteiger charge is -2.35. The first-order chi connectivity index (χ1) is 13.4. The Morgan fingerprint density at radius 2 is 1.54 bits per heavy atom. The monoisotopic (exact) mass is 376 g/mol. The number of benzene rings is 2. The molecule has 0 spiro atoms. The molecule has 0 aromatic heterocycles. The van der Waals surface area contributed by atoms with Gasteiger partial charge in [0.15, 0.2) is 0 Å². The van der Waals surface area contributed by atoms with E-state index in [9.17, 15) is 14.4 Å². The van der Waals surface area contributed by atoms with Crippen molar-refractivity contribution in [2.24, 2.45) is 11.8 Å². The molecule has 0 bridgehead atoms. The van der Waals surface area contributed by atoms with Crippen molar-refractivity contribution in [2.45, 2.75) is 26.8 Å². The Labute approximate surface area is 164 Å². The minimum atomic E-state index is -0.281. The summed E-state index contributed by atoms with van der Waals surface area (Å²) in [7, 11) is 0. The van der Waals surface area contributed by atoms with Crippen molar-refractivity contribution < 1.29 is 14.4 Å². The van der Waals surface area contributed by atoms with Crippen LogP contribution in [0.2, 0.25) is 0 Å². The Balaban J connectivity index is 1.53. The number of hydrogen-bond donors (Lipinski definition) is 0. The molecule has 1 saturated heterocycles. The van der Waals surface area contributed by atoms with E-state index < -0.39 is 0 Å². The molecule has 0 N–H and O–H groups in total. The van der Waals surface area contributed by atoms with Crippen molar-refractivity contribution in [3.63, 3.8) is 0 Å². The molecule has 5 nitrogen and oxygen atoms in total. The van der Waals surface area contributed by atoms with Gasteiger partial charge in [-0.05, 0) is 48.1 Å². The summed E-state index contributed by atoms with van der Waals surface area (Å²) in [5.41, 5.74) is 2.26. The minimum Gasteiger partial charge on any atom is -0.338 e. The van der Waals surface area contributed by atoms with Crippen LogP contribution in [-0.4, -0.2) is 40.6 Å². The van der Waals surface area contributed by atoms with E-state index in [0.717, 1.165) is 25.1 Å². The lowest BCUT2D eigenvalue weighted by atomic mass is 9.91. The zero-order valence-electron chi connectivity index (χ0n) is 16.2. The van der Waals surface area contributed by atoms with Crippen molar-refractivity contribution in [1.82, 2.24) is 9.80 Å². The fourth-order valence-corrected chi connectivity index (χ4v) is 4.38. The van der Waals surface area contributed by atoms with Crippen LogP contribution in [0.3, 0.4) is 0 Å². The highest BCUT2D eigenvalue weighted by atomic mass is 16.2. The molecule has 2 aromatic carbocycles. The number of fused-ring (bicyclic) bond motifs is 1. The number of piperidine rings is 1. The Bertz CT molecular complexity index is 907. The van der Waals surface area contributed by atoms with E-state index in [-0.39, 0.29) is 24.3 Å². The number of hydrogen-bond acceptors (Lipinski definition) is 3. The van der Waals surface area contributed by atoms with Gasteiger partial charge in [0.1, 0.15) is 0 Å². The number of amides is 3. The van der Waals surface area contributed by atoms with Crippen molar-refractivity contribution in [2.75, 3.05) is 13.1 Å². The van der Waals surface area contributed by atoms with Gasteiger partial charge in [0.05, 0.1) is 17.7 Å². The molecule has 2 aromatic rings. The molecule has 2 aliphatic heterocycles. The van der Waals surface area contributed by atoms with Gasteiger partial charge >= 0.3 is 0 Å². The number of imide groups is 1. The maximum atomic E-state index is 13.0. The third kappa shape index (κ3) is 3.33. The van der Waals surface area contributed by atoms with Gasteiger partial charge in [-0.25, -0.2) is 0 Å². The summed E-state index contributed by atoms with van der Waals surface area (Å²) in [6.07, 6.45) is 1.14. The van der Waals surface area contributed by atoms with Crippen LogP contribution in [-0.2, 0) is 6.54 Å². The molecule has 2 heterocycles. The van der Waals surface area contributed by atoms with E-state index in [1.807, 2.05) is 17.0 Å². The summed E-state index contributed by atoms with van der Waals surface area (Å²) in [5.74, 6) is 0.443. The SMILES string of the molecule is CC1CC(C)CN(C(=O)c2cccc(CN3C(=O)c4ccccc4C3=O)c2)C1. The van der Waals surface area contributed by atoms with E-state index in [2.05, 4.69) is 13.8 Å². The average molecular weight is 376 g/mol. The van der Waals surface area contributed by atoms with Gasteiger partial charge in [-0.3, -0.25) is 19.3 Å². The number of carbonyl (C=O) groups excluding carboxylic acids is 3. The van der Waals surface area contributed by atoms with Crippen LogP contribution in [0.1, 0.15) is 56.9 Å². The summed E-state index contributed by atoms with van der Waals surface area (Å²) >= 11 is 0. The number of likely N-dealkylation sites (tertiary alicyclic amines) is 1. The fourth-order valence-electron chi connectivity index (χ4n) is 4.38. The Morgan fingerprint density at radius 3 is 2.14 bits per heavy atom. The smallest absolute Gasteiger partial charge is 0.261 e. The van der Waals surface area contributed by atoms with Crippen LogP contribution in [0, 0.1) is 11.8 Å². The highest BCUT2D eigenvalue weighted by molar-refractivity contribution is 6.21. The first-order valence-electron chi connectivity index (χ1n) is 9.77. The van der Waals surface area contributed by atoms with Gasteiger partial charge in [-0.2, -0.15) is 0 Å². The molecule has 5 heteroatoms. The average Bonchev–Trinajstić information content (AvgIpc) is 2.92. The lowest BCUT2D eigenvalue weighted by molar-refractivity contribution is 0.0622. The Morgan fingerprint density at radius 1 is 0.929 bits per heavy atom. The zero-order valence-corrected chi connectivity index (χ0v) is 16.2. The van der Waals surface area contributed by atoms with Crippen LogP contribution >= 0.6 is 0 Å². The third-order valence-corrected chi connectivity index (χ3v) is 5.55. The molecular weight excluding hydrogens is 352 g/mol. The largest absolute Gasteiger partial charge is 0.338 e. The third-order valence-electron chi connectivity index (χ3n) is 5.55. The molecule has 0 saturated carbocycles. The second-order valence-corrected chi connectivity index (χ2v) is 8.10. The molecule has 2 aliphatic rings. The van der Waals surface area contributed by atoms with Crippen LogP contribution in [0.15, 0.2) is 48.5 Å². The molecule has 28 heavy (non-hydrogen) atoms. The number of nitrogens with zero attached hydrogens (tertiary/aromatic N) is 2. The summed E-state index contributed by atoms with van der Waals surface area (Å²) in [6.45, 7) is 6.06. The summed E-state index contributed by atoms with van der Waals surface area (Å²) in [4.78, 5) is 41.3. The Kier molecular flexibility index (Phi) is 4.75. The molecule has 0 radical (unpaired) electrons. The van der Waals surface area contributed by atoms with Crippen LogP contribution in [0.4, 0.5) is 0 Å². The normalized spacial score (nSPS) is 21.8. The maximum Gasteiger partial charge on any atom is 0.261 e. The van der Waals surface area contributed by atoms with E-state index in [1.165, 1.54) is 4.90 Å². The maximum absolute atomic E-state index is 13.0. The topological polar surface area (TPSA) is 57.7 Å². The number of carbonyl (C=O) groups is 3. The molecule has 2 unspecified atom stereocenters.